The van der Waals surface area contributed by atoms with Gasteiger partial charge in [0.2, 0.25) is 10.0 Å². The molecule has 0 aliphatic carbocycles. The summed E-state index contributed by atoms with van der Waals surface area (Å²) in [7, 11) is -3.61. The van der Waals surface area contributed by atoms with Gasteiger partial charge in [-0.1, -0.05) is 0 Å². The third kappa shape index (κ3) is 5.20. The number of nitrogens with one attached hydrogen (secondary N) is 1. The first-order chi connectivity index (χ1) is 11.7. The zero-order valence-electron chi connectivity index (χ0n) is 14.1. The number of rotatable bonds is 6. The number of hydrogen-bond donors (Lipinski definition) is 2. The molecule has 0 spiro atoms. The first kappa shape index (κ1) is 19.7. The van der Waals surface area contributed by atoms with E-state index in [1.54, 1.807) is 30.5 Å². The van der Waals surface area contributed by atoms with Crippen molar-refractivity contribution in [1.82, 2.24) is 9.62 Å². The summed E-state index contributed by atoms with van der Waals surface area (Å²) >= 11 is 1.63. The summed E-state index contributed by atoms with van der Waals surface area (Å²) in [6, 6.07) is 5.14. The van der Waals surface area contributed by atoms with E-state index in [0.717, 1.165) is 5.75 Å². The number of nitrogens with zero attached hydrogens (tertiary/aromatic N) is 1. The average molecular weight is 386 g/mol. The van der Waals surface area contributed by atoms with Gasteiger partial charge >= 0.3 is 5.97 Å². The molecule has 25 heavy (non-hydrogen) atoms. The number of carboxylic acid groups (broad SMARTS) is 1. The normalized spacial score (nSPS) is 18.4. The van der Waals surface area contributed by atoms with Crippen LogP contribution in [0.15, 0.2) is 29.2 Å². The monoisotopic (exact) mass is 386 g/mol. The minimum atomic E-state index is -3.61. The van der Waals surface area contributed by atoms with Crippen LogP contribution in [0.4, 0.5) is 0 Å². The van der Waals surface area contributed by atoms with Gasteiger partial charge in [-0.25, -0.2) is 13.1 Å². The second kappa shape index (κ2) is 8.20. The molecule has 1 aromatic carbocycles. The van der Waals surface area contributed by atoms with Crippen LogP contribution in [0, 0.1) is 0 Å². The lowest BCUT2D eigenvalue weighted by atomic mass is 10.1. The van der Waals surface area contributed by atoms with Gasteiger partial charge in [-0.15, -0.1) is 0 Å². The van der Waals surface area contributed by atoms with Crippen LogP contribution in [0.5, 0.6) is 0 Å². The lowest BCUT2D eigenvalue weighted by Gasteiger charge is -2.34. The lowest BCUT2D eigenvalue weighted by Crippen LogP contribution is -2.47. The molecule has 1 aliphatic rings. The Morgan fingerprint density at radius 1 is 1.32 bits per heavy atom. The number of hydrogen-bond acceptors (Lipinski definition) is 5. The van der Waals surface area contributed by atoms with Crippen molar-refractivity contribution in [3.63, 3.8) is 0 Å². The summed E-state index contributed by atoms with van der Waals surface area (Å²) in [6.07, 6.45) is -0.0937. The van der Waals surface area contributed by atoms with Crippen molar-refractivity contribution >= 4 is 33.7 Å². The first-order valence-electron chi connectivity index (χ1n) is 7.93. The second-order valence-corrected chi connectivity index (χ2v) is 8.99. The zero-order valence-corrected chi connectivity index (χ0v) is 15.8. The van der Waals surface area contributed by atoms with Gasteiger partial charge in [0.05, 0.1) is 17.4 Å². The van der Waals surface area contributed by atoms with Crippen LogP contribution in [0.2, 0.25) is 0 Å². The Hall–Kier alpha value is -1.58. The summed E-state index contributed by atoms with van der Waals surface area (Å²) in [5.74, 6) is 0.133. The Morgan fingerprint density at radius 3 is 2.52 bits per heavy atom. The van der Waals surface area contributed by atoms with Gasteiger partial charge in [0.1, 0.15) is 0 Å². The predicted molar refractivity (Wildman–Crippen MR) is 96.3 cm³/mol. The van der Waals surface area contributed by atoms with Crippen molar-refractivity contribution < 1.29 is 23.1 Å². The van der Waals surface area contributed by atoms with Crippen molar-refractivity contribution in [2.75, 3.05) is 18.1 Å². The fraction of sp³-hybridized carbons (Fsp3) is 0.500. The molecular formula is C16H22N2O5S2. The summed E-state index contributed by atoms with van der Waals surface area (Å²) in [4.78, 5) is 25.3. The number of benzene rings is 1. The Bertz CT molecular complexity index is 731. The van der Waals surface area contributed by atoms with E-state index < -0.39 is 16.0 Å². The van der Waals surface area contributed by atoms with E-state index in [4.69, 9.17) is 5.11 Å². The molecular weight excluding hydrogens is 364 g/mol. The molecule has 0 bridgehead atoms. The highest BCUT2D eigenvalue weighted by molar-refractivity contribution is 7.99. The van der Waals surface area contributed by atoms with Crippen molar-refractivity contribution in [1.29, 1.82) is 0 Å². The largest absolute Gasteiger partial charge is 0.481 e. The van der Waals surface area contributed by atoms with Crippen LogP contribution in [-0.2, 0) is 14.8 Å². The third-order valence-electron chi connectivity index (χ3n) is 3.70. The minimum absolute atomic E-state index is 0.0917. The first-order valence-corrected chi connectivity index (χ1v) is 10.6. The van der Waals surface area contributed by atoms with Crippen LogP contribution in [-0.4, -0.2) is 60.4 Å². The Kier molecular flexibility index (Phi) is 6.47. The Balaban J connectivity index is 2.18. The zero-order chi connectivity index (χ0) is 18.6. The molecule has 1 heterocycles. The quantitative estimate of drug-likeness (QED) is 0.766. The van der Waals surface area contributed by atoms with E-state index in [1.807, 2.05) is 0 Å². The number of thioether (sulfide) groups is 1. The number of aliphatic carboxylic acids is 1. The highest BCUT2D eigenvalue weighted by Gasteiger charge is 2.29. The molecule has 138 valence electrons. The molecule has 1 amide bonds. The van der Waals surface area contributed by atoms with E-state index in [2.05, 4.69) is 4.72 Å². The molecule has 1 aliphatic heterocycles. The molecule has 1 atom stereocenters. The molecule has 1 fully saturated rings. The highest BCUT2D eigenvalue weighted by Crippen LogP contribution is 2.22. The smallest absolute Gasteiger partial charge is 0.305 e. The van der Waals surface area contributed by atoms with Crippen molar-refractivity contribution in [2.24, 2.45) is 0 Å². The molecule has 2 N–H and O–H groups in total. The fourth-order valence-electron chi connectivity index (χ4n) is 2.61. The van der Waals surface area contributed by atoms with Crippen LogP contribution >= 0.6 is 11.8 Å². The Labute approximate surface area is 151 Å². The fourth-order valence-corrected chi connectivity index (χ4v) is 4.93. The van der Waals surface area contributed by atoms with Gasteiger partial charge in [0.25, 0.3) is 5.91 Å². The molecule has 1 aromatic rings. The molecule has 2 rings (SSSR count). The van der Waals surface area contributed by atoms with Crippen molar-refractivity contribution in [2.45, 2.75) is 37.2 Å². The van der Waals surface area contributed by atoms with Gasteiger partial charge < -0.3 is 10.0 Å². The van der Waals surface area contributed by atoms with E-state index in [1.165, 1.54) is 24.3 Å². The van der Waals surface area contributed by atoms with Gasteiger partial charge in [-0.3, -0.25) is 9.59 Å². The number of amides is 1. The van der Waals surface area contributed by atoms with Crippen LogP contribution in [0.25, 0.3) is 0 Å². The maximum Gasteiger partial charge on any atom is 0.305 e. The molecule has 9 heteroatoms. The molecule has 0 radical (unpaired) electrons. The van der Waals surface area contributed by atoms with E-state index in [9.17, 15) is 18.0 Å². The SMILES string of the molecule is CC(C)NS(=O)(=O)c1ccc(C(=O)N2CCSCC2CC(=O)O)cc1. The molecule has 7 nitrogen and oxygen atoms in total. The van der Waals surface area contributed by atoms with Crippen molar-refractivity contribution in [3.05, 3.63) is 29.8 Å². The number of carboxylic acids is 1. The molecule has 1 saturated heterocycles. The topological polar surface area (TPSA) is 104 Å². The maximum absolute atomic E-state index is 12.7. The van der Waals surface area contributed by atoms with Gasteiger partial charge in [0.15, 0.2) is 0 Å². The Morgan fingerprint density at radius 2 is 1.96 bits per heavy atom. The summed E-state index contributed by atoms with van der Waals surface area (Å²) in [6.45, 7) is 3.94. The summed E-state index contributed by atoms with van der Waals surface area (Å²) in [5, 5.41) is 9.01. The van der Waals surface area contributed by atoms with Crippen LogP contribution in [0.1, 0.15) is 30.6 Å². The van der Waals surface area contributed by atoms with Gasteiger partial charge in [-0.2, -0.15) is 11.8 Å². The van der Waals surface area contributed by atoms with Gasteiger partial charge in [-0.05, 0) is 38.1 Å². The van der Waals surface area contributed by atoms with E-state index in [-0.39, 0.29) is 29.3 Å². The number of carbonyl (C=O) groups is 2. The number of carbonyl (C=O) groups excluding carboxylic acids is 1. The van der Waals surface area contributed by atoms with E-state index >= 15 is 0 Å². The molecule has 0 aromatic heterocycles. The van der Waals surface area contributed by atoms with Crippen LogP contribution in [0.3, 0.4) is 0 Å². The summed E-state index contributed by atoms with van der Waals surface area (Å²) in [5.41, 5.74) is 0.353. The number of sulfonamides is 1. The predicted octanol–water partition coefficient (Wildman–Crippen LogP) is 1.41. The average Bonchev–Trinajstić information content (AvgIpc) is 2.53. The van der Waals surface area contributed by atoms with Crippen LogP contribution < -0.4 is 4.72 Å². The molecule has 0 saturated carbocycles. The second-order valence-electron chi connectivity index (χ2n) is 6.13. The minimum Gasteiger partial charge on any atom is -0.481 e. The van der Waals surface area contributed by atoms with Gasteiger partial charge in [0, 0.05) is 29.7 Å². The third-order valence-corrected chi connectivity index (χ3v) is 6.47. The van der Waals surface area contributed by atoms with E-state index in [0.29, 0.717) is 17.9 Å². The summed E-state index contributed by atoms with van der Waals surface area (Å²) < 4.78 is 26.7. The van der Waals surface area contributed by atoms with Crippen molar-refractivity contribution in [3.8, 4) is 0 Å². The standard InChI is InChI=1S/C16H22N2O5S2/c1-11(2)17-25(22,23)14-5-3-12(4-6-14)16(21)18-7-8-24-10-13(18)9-15(19)20/h3-6,11,13,17H,7-10H2,1-2H3,(H,19,20). The highest BCUT2D eigenvalue weighted by atomic mass is 32.2. The molecule has 1 unspecified atom stereocenters. The maximum atomic E-state index is 12.7. The lowest BCUT2D eigenvalue weighted by molar-refractivity contribution is -0.138.